The van der Waals surface area contributed by atoms with E-state index in [-0.39, 0.29) is 73.0 Å². The van der Waals surface area contributed by atoms with E-state index >= 15 is 0 Å². The van der Waals surface area contributed by atoms with Crippen LogP contribution in [-0.4, -0.2) is 200 Å². The number of carboxylic acid groups (broad SMARTS) is 2. The van der Waals surface area contributed by atoms with Crippen LogP contribution >= 0.6 is 0 Å². The van der Waals surface area contributed by atoms with Gasteiger partial charge >= 0.3 is 17.9 Å². The number of quaternary nitrogens is 2. The van der Waals surface area contributed by atoms with E-state index in [1.165, 1.54) is 0 Å². The summed E-state index contributed by atoms with van der Waals surface area (Å²) in [5, 5.41) is 79.0. The van der Waals surface area contributed by atoms with Crippen LogP contribution in [0.4, 0.5) is 17.6 Å². The van der Waals surface area contributed by atoms with Crippen molar-refractivity contribution in [2.45, 2.75) is 197 Å². The molecule has 23 nitrogen and oxygen atoms in total. The Kier molecular flexibility index (Phi) is 33.1. The van der Waals surface area contributed by atoms with Gasteiger partial charge in [0.2, 0.25) is 11.8 Å². The van der Waals surface area contributed by atoms with Crippen LogP contribution in [0.5, 0.6) is 0 Å². The van der Waals surface area contributed by atoms with Crippen molar-refractivity contribution in [2.75, 3.05) is 19.8 Å². The van der Waals surface area contributed by atoms with Crippen LogP contribution in [0, 0.1) is 17.8 Å². The second kappa shape index (κ2) is 35.9. The summed E-state index contributed by atoms with van der Waals surface area (Å²) in [6, 6.07) is 13.8. The van der Waals surface area contributed by atoms with E-state index < -0.39 is 135 Å². The number of nitrogens with one attached hydrogen (secondary N) is 2. The number of alkyl halides is 4. The molecule has 3 saturated heterocycles. The predicted molar refractivity (Wildman–Crippen MR) is 276 cm³/mol. The van der Waals surface area contributed by atoms with E-state index in [9.17, 15) is 62.0 Å². The molecule has 0 radical (unpaired) electrons. The molecule has 0 aromatic heterocycles. The maximum absolute atomic E-state index is 14.4. The van der Waals surface area contributed by atoms with Gasteiger partial charge in [0, 0.05) is 19.8 Å². The van der Waals surface area contributed by atoms with E-state index in [1.807, 2.05) is 50.2 Å². The maximum Gasteiger partial charge on any atom is 0.362 e. The number of carbonyl (C=O) groups excluding carboxylic acids is 3. The van der Waals surface area contributed by atoms with Crippen molar-refractivity contribution >= 4 is 29.7 Å². The first-order valence-corrected chi connectivity index (χ1v) is 26.8. The van der Waals surface area contributed by atoms with Gasteiger partial charge in [-0.3, -0.25) is 14.4 Å². The second-order valence-electron chi connectivity index (χ2n) is 20.7. The van der Waals surface area contributed by atoms with E-state index in [1.54, 1.807) is 0 Å². The van der Waals surface area contributed by atoms with Crippen molar-refractivity contribution in [1.29, 1.82) is 0 Å². The number of hydrogen-bond donors (Lipinski definition) is 12. The van der Waals surface area contributed by atoms with Crippen LogP contribution in [0.2, 0.25) is 0 Å². The molecule has 2 unspecified atom stereocenters. The summed E-state index contributed by atoms with van der Waals surface area (Å²) in [4.78, 5) is 56.2. The largest absolute Gasteiger partial charge is 1.00 e. The molecule has 476 valence electrons. The summed E-state index contributed by atoms with van der Waals surface area (Å²) in [5.74, 6) is -12.3. The van der Waals surface area contributed by atoms with Crippen molar-refractivity contribution in [2.24, 2.45) is 17.8 Å². The molecule has 3 aliphatic rings. The van der Waals surface area contributed by atoms with Crippen molar-refractivity contribution in [3.05, 3.63) is 71.8 Å². The quantitative estimate of drug-likeness (QED) is 0.0344. The highest BCUT2D eigenvalue weighted by Crippen LogP contribution is 2.39. The van der Waals surface area contributed by atoms with Gasteiger partial charge in [-0.2, -0.15) is 0 Å². The van der Waals surface area contributed by atoms with Gasteiger partial charge in [0.05, 0.1) is 82.2 Å². The summed E-state index contributed by atoms with van der Waals surface area (Å²) in [5.41, 5.74) is 8.44. The van der Waals surface area contributed by atoms with Crippen LogP contribution in [0.15, 0.2) is 60.7 Å². The summed E-state index contributed by atoms with van der Waals surface area (Å²) < 4.78 is 92.4. The lowest BCUT2D eigenvalue weighted by atomic mass is 9.81. The van der Waals surface area contributed by atoms with Gasteiger partial charge < -0.3 is 116 Å². The summed E-state index contributed by atoms with van der Waals surface area (Å²) in [6.45, 7) is 12.0. The van der Waals surface area contributed by atoms with E-state index in [2.05, 4.69) is 67.1 Å². The molecule has 2 aromatic rings. The highest BCUT2D eigenvalue weighted by Gasteiger charge is 2.58. The molecule has 3 aliphatic heterocycles. The normalized spacial score (nSPS) is 29.4. The van der Waals surface area contributed by atoms with Crippen LogP contribution in [0.1, 0.15) is 85.3 Å². The predicted octanol–water partition coefficient (Wildman–Crippen LogP) is -6.41. The molecule has 3 fully saturated rings. The average molecular weight is 1240 g/mol. The molecule has 2 amide bonds. The number of carboxylic acids is 2. The van der Waals surface area contributed by atoms with Gasteiger partial charge in [0.25, 0.3) is 11.8 Å². The zero-order valence-corrected chi connectivity index (χ0v) is 48.9. The zero-order valence-electron chi connectivity index (χ0n) is 47.4. The first-order chi connectivity index (χ1) is 38.0. The molecular weight excluding hydrogens is 1160 g/mol. The molecule has 0 spiro atoms. The number of aliphatic hydroxyl groups is 6. The van der Waals surface area contributed by atoms with Gasteiger partial charge in [-0.05, 0) is 36.8 Å². The Morgan fingerprint density at radius 3 is 1.35 bits per heavy atom. The topological polar surface area (TPSA) is 382 Å². The highest BCUT2D eigenvalue weighted by molar-refractivity contribution is 5.74. The van der Waals surface area contributed by atoms with E-state index in [0.717, 1.165) is 31.4 Å². The Bertz CT molecular complexity index is 2180. The van der Waals surface area contributed by atoms with Gasteiger partial charge in [-0.1, -0.05) is 88.4 Å². The first-order valence-electron chi connectivity index (χ1n) is 26.8. The fourth-order valence-corrected chi connectivity index (χ4v) is 9.68. The number of benzene rings is 2. The molecule has 16 N–H and O–H groups in total. The minimum atomic E-state index is -3.79. The Morgan fingerprint density at radius 2 is 1.01 bits per heavy atom. The fraction of sp³-hybridized carbons (Fsp3) is 0.685. The van der Waals surface area contributed by atoms with Crippen molar-refractivity contribution in [3.8, 4) is 0 Å². The van der Waals surface area contributed by atoms with Crippen LogP contribution in [0.25, 0.3) is 0 Å². The standard InChI is InChI=1S/C30H42O5.2C12H20F2N2O7.2ClH/c1-6-26-23(5)28(33-19-24-14-10-8-11-15-24)29(34-20-25-16-12-9-13-17-25)27(35-26)18-21(3)22(4)30(31)32-7-2;2*1-4(18)16-7-9(20)8(19)6(3-17)23-10(7)12(13,14)2-5(15)11(21)22;;/h8-17,21-23,26-29H,6-7,18-20H2,1-5H3;2*5-10,17,19-20H,2-3,15H2,1H3,(H,16,18)(H,21,22);2*1H/t21?,22?,23-,26+,27-,28-,29-;5-,6+,7+,8-,9+,10-;5-,6-,7-,8+,9-,10+;;/m001../s1. The minimum Gasteiger partial charge on any atom is -1.00 e. The third-order valence-corrected chi connectivity index (χ3v) is 14.4. The number of aliphatic carboxylic acids is 2. The molecule has 83 heavy (non-hydrogen) atoms. The number of carbonyl (C=O) groups is 5. The Balaban J connectivity index is 0.000000638. The number of rotatable bonds is 24. The molecule has 3 heterocycles. The number of halogens is 6. The fourth-order valence-electron chi connectivity index (χ4n) is 9.68. The molecule has 29 heteroatoms. The van der Waals surface area contributed by atoms with Gasteiger partial charge in [-0.25, -0.2) is 27.2 Å². The summed E-state index contributed by atoms with van der Waals surface area (Å²) >= 11 is 0. The number of hydrogen-bond acceptors (Lipinski definition) is 17. The minimum absolute atomic E-state index is 0. The molecule has 2 aromatic carbocycles. The average Bonchev–Trinajstić information content (AvgIpc) is 3.41. The van der Waals surface area contributed by atoms with Gasteiger partial charge in [0.1, 0.15) is 54.9 Å². The lowest BCUT2D eigenvalue weighted by molar-refractivity contribution is -0.419. The number of aliphatic hydroxyl groups excluding tert-OH is 6. The molecule has 5 rings (SSSR count). The zero-order chi connectivity index (χ0) is 61.1. The smallest absolute Gasteiger partial charge is 0.362 e. The van der Waals surface area contributed by atoms with Crippen LogP contribution < -0.4 is 46.9 Å². The van der Waals surface area contributed by atoms with Gasteiger partial charge in [0.15, 0.2) is 12.1 Å². The van der Waals surface area contributed by atoms with Gasteiger partial charge in [-0.15, -0.1) is 0 Å². The number of ether oxygens (including phenoxy) is 6. The third-order valence-electron chi connectivity index (χ3n) is 14.4. The Morgan fingerprint density at radius 1 is 0.627 bits per heavy atom. The van der Waals surface area contributed by atoms with Crippen LogP contribution in [-0.2, 0) is 65.6 Å². The number of esters is 1. The lowest BCUT2D eigenvalue weighted by Gasteiger charge is -2.46. The molecule has 0 aliphatic carbocycles. The van der Waals surface area contributed by atoms with Crippen LogP contribution in [0.3, 0.4) is 0 Å². The summed E-state index contributed by atoms with van der Waals surface area (Å²) in [7, 11) is 0. The highest BCUT2D eigenvalue weighted by atomic mass is 35.5. The maximum atomic E-state index is 14.4. The molecule has 19 atom stereocenters. The molecule has 0 saturated carbocycles. The lowest BCUT2D eigenvalue weighted by Crippen LogP contribution is -3.00. The molecule has 0 bridgehead atoms. The Hall–Kier alpha value is -4.43. The van der Waals surface area contributed by atoms with E-state index in [0.29, 0.717) is 26.2 Å². The van der Waals surface area contributed by atoms with Crippen molar-refractivity contribution < 1.29 is 147 Å². The second-order valence-corrected chi connectivity index (χ2v) is 20.7. The Labute approximate surface area is 491 Å². The third kappa shape index (κ3) is 22.4. The monoisotopic (exact) mass is 1240 g/mol. The van der Waals surface area contributed by atoms with Crippen molar-refractivity contribution in [1.82, 2.24) is 10.6 Å². The summed E-state index contributed by atoms with van der Waals surface area (Å²) in [6.07, 6.45) is -15.6. The number of amides is 2. The molecular formula is C54H84Cl2F4N4O19. The first kappa shape index (κ1) is 76.6. The van der Waals surface area contributed by atoms with Crippen molar-refractivity contribution in [3.63, 3.8) is 0 Å². The van der Waals surface area contributed by atoms with E-state index in [4.69, 9.17) is 48.8 Å². The SMILES string of the molecule is CC(=O)N[C@@H]1[C@@H](O)[C@@H](O)[C@@H](CO)O[C@@H]1C(F)(F)C[C@@H]([NH3+])C(=O)O.CC(=O)N[C@@H]1[C@@H](O)[C@@H](O)[C@@H](CO)O[C@@H]1C(F)(F)C[C@H]([NH3+])C(=O)O.CCOC(=O)C(C)C(C)C[C@@H]1O[C@H](CC)[C@H](C)[C@H](OCc2ccccc2)[C@H]1OCc1ccccc1.[Cl-].[Cl-].